The van der Waals surface area contributed by atoms with E-state index in [-0.39, 0.29) is 11.6 Å². The van der Waals surface area contributed by atoms with Gasteiger partial charge in [-0.05, 0) is 36.6 Å². The van der Waals surface area contributed by atoms with E-state index in [1.165, 1.54) is 21.5 Å². The van der Waals surface area contributed by atoms with Crippen molar-refractivity contribution < 1.29 is 47.2 Å². The molecule has 0 fully saturated rings. The van der Waals surface area contributed by atoms with Gasteiger partial charge in [0.15, 0.2) is 0 Å². The molecule has 1 aliphatic rings. The summed E-state index contributed by atoms with van der Waals surface area (Å²) in [6, 6.07) is 27.3. The van der Waals surface area contributed by atoms with Crippen LogP contribution < -0.4 is 10.4 Å². The van der Waals surface area contributed by atoms with Crippen LogP contribution in [0.15, 0.2) is 84.9 Å². The van der Waals surface area contributed by atoms with Crippen molar-refractivity contribution in [3.05, 3.63) is 113 Å². The van der Waals surface area contributed by atoms with E-state index in [0.29, 0.717) is 22.9 Å². The first-order chi connectivity index (χ1) is 20.4. The SMILES string of the molecule is CCc1cc2c(-c3cc(C(F)(F)F)cc(C(F)(F)F)c3)c(CC)ccc2[cH-]1.[Cl][Zr+2][Cl].[c-]1cccc2c1[Si]c1ccccc1-2. The zero-order chi connectivity index (χ0) is 31.4. The number of benzene rings is 4. The second-order valence-electron chi connectivity index (χ2n) is 9.67. The van der Waals surface area contributed by atoms with Crippen LogP contribution in [0.5, 0.6) is 0 Å². The fourth-order valence-corrected chi connectivity index (χ4v) is 6.36. The Labute approximate surface area is 267 Å². The summed E-state index contributed by atoms with van der Waals surface area (Å²) >= 11 is -0.826. The van der Waals surface area contributed by atoms with Gasteiger partial charge < -0.3 is 0 Å². The van der Waals surface area contributed by atoms with Gasteiger partial charge >= 0.3 is 50.2 Å². The second kappa shape index (κ2) is 14.2. The number of alkyl halides is 6. The molecule has 0 N–H and O–H groups in total. The maximum absolute atomic E-state index is 13.2. The summed E-state index contributed by atoms with van der Waals surface area (Å²) in [6.07, 6.45) is -8.50. The molecule has 0 amide bonds. The molecule has 6 rings (SSSR count). The van der Waals surface area contributed by atoms with E-state index in [9.17, 15) is 26.3 Å². The average Bonchev–Trinajstić information content (AvgIpc) is 3.57. The largest absolute Gasteiger partial charge is 0.184 e. The van der Waals surface area contributed by atoms with E-state index in [4.69, 9.17) is 17.0 Å². The summed E-state index contributed by atoms with van der Waals surface area (Å²) in [5.74, 6) is 0. The molecule has 0 saturated heterocycles. The standard InChI is InChI=1S/C21H17F6.C12H7Si.2ClH.Zr/c1-3-12-7-14-6-5-13(4-2)19(18(14)8-12)15-9-16(20(22,23)24)11-17(10-15)21(25,26)27;1-3-7-11-9(5-1)10-6-2-4-8-12(10)13-11;;;/h5-11H,3-4H2,1-2H3;1-7H;2*1H;/q2*-1;;;+4/p-2. The quantitative estimate of drug-likeness (QED) is 0.0969. The zero-order valence-electron chi connectivity index (χ0n) is 23.0. The van der Waals surface area contributed by atoms with Crippen molar-refractivity contribution in [2.24, 2.45) is 0 Å². The Morgan fingerprint density at radius 1 is 0.791 bits per heavy atom. The van der Waals surface area contributed by atoms with Crippen molar-refractivity contribution in [1.29, 1.82) is 0 Å². The van der Waals surface area contributed by atoms with Crippen molar-refractivity contribution in [3.63, 3.8) is 0 Å². The molecule has 10 heteroatoms. The first-order valence-corrected chi connectivity index (χ1v) is 20.6. The first kappa shape index (κ1) is 33.6. The van der Waals surface area contributed by atoms with Gasteiger partial charge in [-0.3, -0.25) is 0 Å². The van der Waals surface area contributed by atoms with Gasteiger partial charge in [0.25, 0.3) is 0 Å². The van der Waals surface area contributed by atoms with E-state index in [2.05, 4.69) is 42.5 Å². The van der Waals surface area contributed by atoms with E-state index in [1.54, 1.807) is 6.07 Å². The minimum absolute atomic E-state index is 0.0622. The molecule has 43 heavy (non-hydrogen) atoms. The molecular weight excluding hydrogens is 701 g/mol. The van der Waals surface area contributed by atoms with E-state index in [1.807, 2.05) is 38.1 Å². The summed E-state index contributed by atoms with van der Waals surface area (Å²) in [6.45, 7) is 3.77. The average molecular weight is 725 g/mol. The van der Waals surface area contributed by atoms with Crippen LogP contribution in [0, 0.1) is 6.07 Å². The summed E-state index contributed by atoms with van der Waals surface area (Å²) in [5.41, 5.74) is 2.25. The predicted octanol–water partition coefficient (Wildman–Crippen LogP) is 9.89. The number of hydrogen-bond acceptors (Lipinski definition) is 0. The van der Waals surface area contributed by atoms with Gasteiger partial charge in [-0.2, -0.15) is 61.9 Å². The molecule has 0 nitrogen and oxygen atoms in total. The minimum Gasteiger partial charge on any atom is -0.184 e. The van der Waals surface area contributed by atoms with Crippen molar-refractivity contribution >= 4 is 47.7 Å². The zero-order valence-corrected chi connectivity index (χ0v) is 28.0. The van der Waals surface area contributed by atoms with E-state index < -0.39 is 44.3 Å². The topological polar surface area (TPSA) is 0 Å². The van der Waals surface area contributed by atoms with Gasteiger partial charge in [0.2, 0.25) is 0 Å². The van der Waals surface area contributed by atoms with Gasteiger partial charge in [0, 0.05) is 0 Å². The summed E-state index contributed by atoms with van der Waals surface area (Å²) in [5, 5.41) is 4.31. The van der Waals surface area contributed by atoms with Crippen LogP contribution in [0.3, 0.4) is 0 Å². The van der Waals surface area contributed by atoms with Gasteiger partial charge in [-0.1, -0.05) is 60.0 Å². The fourth-order valence-electron chi connectivity index (χ4n) is 5.05. The Balaban J connectivity index is 0.000000217. The Morgan fingerprint density at radius 3 is 2.02 bits per heavy atom. The molecule has 0 spiro atoms. The van der Waals surface area contributed by atoms with Crippen LogP contribution in [0.4, 0.5) is 26.3 Å². The molecule has 5 aromatic carbocycles. The molecule has 220 valence electrons. The van der Waals surface area contributed by atoms with Crippen LogP contribution in [0.1, 0.15) is 36.1 Å². The van der Waals surface area contributed by atoms with Crippen molar-refractivity contribution in [1.82, 2.24) is 0 Å². The minimum atomic E-state index is -4.86. The van der Waals surface area contributed by atoms with Crippen LogP contribution in [-0.4, -0.2) is 9.52 Å². The Morgan fingerprint density at radius 2 is 1.42 bits per heavy atom. The van der Waals surface area contributed by atoms with E-state index in [0.717, 1.165) is 39.0 Å². The monoisotopic (exact) mass is 722 g/mol. The normalized spacial score (nSPS) is 12.0. The van der Waals surface area contributed by atoms with Gasteiger partial charge in [-0.15, -0.1) is 40.1 Å². The Kier molecular flexibility index (Phi) is 11.1. The Hall–Kier alpha value is -2.25. The first-order valence-electron chi connectivity index (χ1n) is 13.3. The molecule has 1 aliphatic heterocycles. The number of halogens is 8. The van der Waals surface area contributed by atoms with Crippen LogP contribution in [0.25, 0.3) is 33.0 Å². The van der Waals surface area contributed by atoms with Gasteiger partial charge in [-0.25, -0.2) is 0 Å². The summed E-state index contributed by atoms with van der Waals surface area (Å²) in [4.78, 5) is 0. The third kappa shape index (κ3) is 7.89. The molecule has 1 heterocycles. The van der Waals surface area contributed by atoms with Gasteiger partial charge in [0.1, 0.15) is 0 Å². The molecule has 0 atom stereocenters. The van der Waals surface area contributed by atoms with Gasteiger partial charge in [0.05, 0.1) is 20.6 Å². The fraction of sp³-hybridized carbons (Fsp3) is 0.182. The smallest absolute Gasteiger partial charge is 0.0920 e. The maximum atomic E-state index is 13.2. The number of aryl methyl sites for hydroxylation is 2. The molecule has 0 aliphatic carbocycles. The molecule has 0 bridgehead atoms. The summed E-state index contributed by atoms with van der Waals surface area (Å²) in [7, 11) is 10.7. The van der Waals surface area contributed by atoms with Crippen LogP contribution in [-0.2, 0) is 46.0 Å². The van der Waals surface area contributed by atoms with Crippen molar-refractivity contribution in [2.45, 2.75) is 39.0 Å². The molecule has 0 unspecified atom stereocenters. The number of rotatable bonds is 3. The Bertz CT molecular complexity index is 1630. The maximum Gasteiger partial charge on any atom is 0.0920 e. The molecule has 2 radical (unpaired) electrons. The van der Waals surface area contributed by atoms with Crippen LogP contribution >= 0.6 is 17.0 Å². The second-order valence-corrected chi connectivity index (χ2v) is 14.7. The number of fused-ring (bicyclic) bond motifs is 4. The number of hydrogen-bond donors (Lipinski definition) is 0. The molecular formula is C33H24Cl2F6SiZr. The molecule has 0 saturated carbocycles. The predicted molar refractivity (Wildman–Crippen MR) is 161 cm³/mol. The molecule has 5 aromatic rings. The molecule has 0 aromatic heterocycles. The van der Waals surface area contributed by atoms with Crippen molar-refractivity contribution in [2.75, 3.05) is 0 Å². The van der Waals surface area contributed by atoms with E-state index >= 15 is 0 Å². The third-order valence-electron chi connectivity index (χ3n) is 7.03. The third-order valence-corrected chi connectivity index (χ3v) is 8.40. The summed E-state index contributed by atoms with van der Waals surface area (Å²) < 4.78 is 79.4. The van der Waals surface area contributed by atoms with Crippen molar-refractivity contribution in [3.8, 4) is 22.3 Å². The van der Waals surface area contributed by atoms with Crippen LogP contribution in [0.2, 0.25) is 0 Å².